The maximum absolute atomic E-state index is 12.3. The monoisotopic (exact) mass is 425 g/mol. The molecule has 10 heteroatoms. The highest BCUT2D eigenvalue weighted by Gasteiger charge is 2.22. The zero-order valence-corrected chi connectivity index (χ0v) is 16.8. The molecule has 9 nitrogen and oxygen atoms in total. The molecule has 2 amide bonds. The minimum Gasteiger partial charge on any atom is -0.480 e. The van der Waals surface area contributed by atoms with Gasteiger partial charge in [0, 0.05) is 40.7 Å². The van der Waals surface area contributed by atoms with Crippen molar-refractivity contribution in [1.29, 1.82) is 0 Å². The van der Waals surface area contributed by atoms with Gasteiger partial charge < -0.3 is 20.7 Å². The highest BCUT2D eigenvalue weighted by Crippen LogP contribution is 2.19. The number of benzene rings is 1. The molecule has 0 saturated heterocycles. The van der Waals surface area contributed by atoms with Gasteiger partial charge in [-0.2, -0.15) is 0 Å². The summed E-state index contributed by atoms with van der Waals surface area (Å²) in [5, 5.41) is 17.3. The summed E-state index contributed by atoms with van der Waals surface area (Å²) >= 11 is 1.34. The van der Waals surface area contributed by atoms with E-state index in [0.29, 0.717) is 10.7 Å². The number of carbonyl (C=O) groups is 2. The van der Waals surface area contributed by atoms with Crippen molar-refractivity contribution in [3.63, 3.8) is 0 Å². The molecule has 1 unspecified atom stereocenters. The van der Waals surface area contributed by atoms with E-state index in [0.717, 1.165) is 22.2 Å². The fourth-order valence-electron chi connectivity index (χ4n) is 3.29. The third-order valence-electron chi connectivity index (χ3n) is 4.76. The highest BCUT2D eigenvalue weighted by molar-refractivity contribution is 7.15. The Morgan fingerprint density at radius 3 is 2.93 bits per heavy atom. The molecule has 0 aliphatic rings. The van der Waals surface area contributed by atoms with E-state index < -0.39 is 18.0 Å². The van der Waals surface area contributed by atoms with Crippen molar-refractivity contribution in [3.05, 3.63) is 69.2 Å². The second kappa shape index (κ2) is 7.99. The number of aryl methyl sites for hydroxylation is 1. The first-order chi connectivity index (χ1) is 14.4. The molecule has 0 spiro atoms. The molecule has 0 fully saturated rings. The van der Waals surface area contributed by atoms with Crippen LogP contribution in [0.5, 0.6) is 0 Å². The van der Waals surface area contributed by atoms with Gasteiger partial charge in [0.25, 0.3) is 5.56 Å². The van der Waals surface area contributed by atoms with Crippen LogP contribution in [0.25, 0.3) is 15.9 Å². The van der Waals surface area contributed by atoms with Crippen LogP contribution in [-0.2, 0) is 17.8 Å². The Labute approximate surface area is 174 Å². The first-order valence-electron chi connectivity index (χ1n) is 9.21. The predicted octanol–water partition coefficient (Wildman–Crippen LogP) is 2.04. The molecular formula is C20H19N5O4S. The van der Waals surface area contributed by atoms with Crippen LogP contribution in [0.3, 0.4) is 0 Å². The number of hydrogen-bond donors (Lipinski definition) is 4. The lowest BCUT2D eigenvalue weighted by Crippen LogP contribution is -2.47. The van der Waals surface area contributed by atoms with E-state index in [-0.39, 0.29) is 18.5 Å². The Bertz CT molecular complexity index is 1310. The minimum atomic E-state index is -1.14. The number of hydrogen-bond acceptors (Lipinski definition) is 5. The third-order valence-corrected chi connectivity index (χ3v) is 5.70. The smallest absolute Gasteiger partial charge is 0.326 e. The molecule has 4 aromatic rings. The van der Waals surface area contributed by atoms with Crippen LogP contribution in [0, 0.1) is 6.92 Å². The van der Waals surface area contributed by atoms with Crippen LogP contribution in [0.4, 0.5) is 4.79 Å². The molecule has 0 aliphatic carbocycles. The van der Waals surface area contributed by atoms with Crippen LogP contribution in [0.1, 0.15) is 17.0 Å². The van der Waals surface area contributed by atoms with Crippen molar-refractivity contribution in [1.82, 2.24) is 25.0 Å². The highest BCUT2D eigenvalue weighted by atomic mass is 32.1. The summed E-state index contributed by atoms with van der Waals surface area (Å²) < 4.78 is 1.50. The van der Waals surface area contributed by atoms with E-state index in [1.165, 1.54) is 21.8 Å². The summed E-state index contributed by atoms with van der Waals surface area (Å²) in [5.74, 6) is -1.14. The van der Waals surface area contributed by atoms with Gasteiger partial charge in [0.05, 0.1) is 12.2 Å². The molecule has 0 bridgehead atoms. The van der Waals surface area contributed by atoms with Crippen LogP contribution < -0.4 is 16.2 Å². The van der Waals surface area contributed by atoms with Gasteiger partial charge in [-0.15, -0.1) is 11.3 Å². The molecule has 0 aliphatic heterocycles. The first-order valence-corrected chi connectivity index (χ1v) is 10.1. The average molecular weight is 425 g/mol. The largest absolute Gasteiger partial charge is 0.480 e. The van der Waals surface area contributed by atoms with Crippen LogP contribution >= 0.6 is 11.3 Å². The van der Waals surface area contributed by atoms with E-state index >= 15 is 0 Å². The summed E-state index contributed by atoms with van der Waals surface area (Å²) in [6.07, 6.45) is 1.88. The number of aliphatic carboxylic acids is 1. The quantitative estimate of drug-likeness (QED) is 0.376. The number of nitrogens with zero attached hydrogens (tertiary/aromatic N) is 2. The van der Waals surface area contributed by atoms with Crippen molar-refractivity contribution in [3.8, 4) is 0 Å². The number of nitrogens with one attached hydrogen (secondary N) is 3. The molecule has 0 radical (unpaired) electrons. The van der Waals surface area contributed by atoms with Crippen LogP contribution in [0.15, 0.2) is 46.7 Å². The topological polar surface area (TPSA) is 129 Å². The van der Waals surface area contributed by atoms with Crippen molar-refractivity contribution in [2.75, 3.05) is 0 Å². The lowest BCUT2D eigenvalue weighted by Gasteiger charge is -2.15. The maximum atomic E-state index is 12.3. The molecule has 3 heterocycles. The van der Waals surface area contributed by atoms with E-state index in [2.05, 4.69) is 20.6 Å². The van der Waals surface area contributed by atoms with E-state index in [4.69, 9.17) is 0 Å². The van der Waals surface area contributed by atoms with Gasteiger partial charge in [0.2, 0.25) is 0 Å². The zero-order chi connectivity index (χ0) is 21.3. The van der Waals surface area contributed by atoms with Gasteiger partial charge in [-0.25, -0.2) is 14.6 Å². The molecule has 1 atom stereocenters. The number of fused-ring (bicyclic) bond motifs is 2. The van der Waals surface area contributed by atoms with Gasteiger partial charge in [-0.05, 0) is 18.6 Å². The van der Waals surface area contributed by atoms with Crippen molar-refractivity contribution >= 4 is 39.2 Å². The number of aromatic amines is 1. The summed E-state index contributed by atoms with van der Waals surface area (Å²) in [6.45, 7) is 1.83. The Morgan fingerprint density at radius 2 is 2.13 bits per heavy atom. The lowest BCUT2D eigenvalue weighted by atomic mass is 10.1. The number of rotatable bonds is 6. The lowest BCUT2D eigenvalue weighted by molar-refractivity contribution is -0.139. The predicted molar refractivity (Wildman–Crippen MR) is 113 cm³/mol. The molecule has 1 aromatic carbocycles. The van der Waals surface area contributed by atoms with Gasteiger partial charge in [-0.1, -0.05) is 18.2 Å². The summed E-state index contributed by atoms with van der Waals surface area (Å²) in [5.41, 5.74) is 2.68. The Balaban J connectivity index is 1.42. The third kappa shape index (κ3) is 3.90. The number of carboxylic acid groups (broad SMARTS) is 1. The molecule has 4 rings (SSSR count). The van der Waals surface area contributed by atoms with Crippen molar-refractivity contribution in [2.24, 2.45) is 0 Å². The average Bonchev–Trinajstić information content (AvgIpc) is 3.30. The minimum absolute atomic E-state index is 0.00788. The molecule has 30 heavy (non-hydrogen) atoms. The number of H-pyrrole nitrogens is 1. The van der Waals surface area contributed by atoms with E-state index in [1.54, 1.807) is 6.20 Å². The maximum Gasteiger partial charge on any atom is 0.326 e. The summed E-state index contributed by atoms with van der Waals surface area (Å²) in [4.78, 5) is 44.1. The van der Waals surface area contributed by atoms with Crippen LogP contribution in [-0.4, -0.2) is 37.5 Å². The van der Waals surface area contributed by atoms with Gasteiger partial charge in [0.1, 0.15) is 6.04 Å². The van der Waals surface area contributed by atoms with Crippen LogP contribution in [0.2, 0.25) is 0 Å². The van der Waals surface area contributed by atoms with Gasteiger partial charge in [0.15, 0.2) is 4.96 Å². The van der Waals surface area contributed by atoms with E-state index in [1.807, 2.05) is 36.6 Å². The normalized spacial score (nSPS) is 12.2. The number of carboxylic acids is 1. The molecule has 0 saturated carbocycles. The van der Waals surface area contributed by atoms with Crippen molar-refractivity contribution in [2.45, 2.75) is 25.9 Å². The SMILES string of the molecule is Cc1csc2nc(CNC(=O)NC(Cc3c[nH]c4ccccc34)C(=O)O)cc(=O)n12. The molecule has 4 N–H and O–H groups in total. The first kappa shape index (κ1) is 19.6. The fourth-order valence-corrected chi connectivity index (χ4v) is 4.18. The number of para-hydroxylation sites is 1. The second-order valence-electron chi connectivity index (χ2n) is 6.86. The number of urea groups is 1. The number of carbonyl (C=O) groups excluding carboxylic acids is 1. The molecule has 3 aromatic heterocycles. The number of aromatic nitrogens is 3. The molecule has 154 valence electrons. The Morgan fingerprint density at radius 1 is 1.33 bits per heavy atom. The Kier molecular flexibility index (Phi) is 5.23. The number of thiazole rings is 1. The summed E-state index contributed by atoms with van der Waals surface area (Å²) in [6, 6.07) is 7.16. The molecular weight excluding hydrogens is 406 g/mol. The van der Waals surface area contributed by atoms with Crippen molar-refractivity contribution < 1.29 is 14.7 Å². The number of amides is 2. The second-order valence-corrected chi connectivity index (χ2v) is 7.70. The van der Waals surface area contributed by atoms with Gasteiger partial charge >= 0.3 is 12.0 Å². The summed E-state index contributed by atoms with van der Waals surface area (Å²) in [7, 11) is 0. The fraction of sp³-hybridized carbons (Fsp3) is 0.200. The standard InChI is InChI=1S/C20H19N5O4S/c1-11-10-30-20-23-13(7-17(26)25(11)20)9-22-19(29)24-16(18(27)28)6-12-8-21-15-5-3-2-4-14(12)15/h2-5,7-8,10,16,21H,6,9H2,1H3,(H,27,28)(H2,22,24,29). The van der Waals surface area contributed by atoms with E-state index in [9.17, 15) is 19.5 Å². The Hall–Kier alpha value is -3.66. The zero-order valence-electron chi connectivity index (χ0n) is 16.0. The van der Waals surface area contributed by atoms with Gasteiger partial charge in [-0.3, -0.25) is 9.20 Å².